The van der Waals surface area contributed by atoms with Crippen LogP contribution in [0.3, 0.4) is 0 Å². The van der Waals surface area contributed by atoms with Crippen LogP contribution in [0.1, 0.15) is 89.0 Å². The van der Waals surface area contributed by atoms with E-state index in [1.165, 1.54) is 10.4 Å². The Kier molecular flexibility index (Phi) is 12.4. The molecule has 0 amide bonds. The van der Waals surface area contributed by atoms with Crippen LogP contribution in [0, 0.1) is 11.8 Å². The van der Waals surface area contributed by atoms with Crippen LogP contribution in [0.5, 0.6) is 0 Å². The Morgan fingerprint density at radius 2 is 1.18 bits per heavy atom. The predicted molar refractivity (Wildman–Crippen MR) is 173 cm³/mol. The van der Waals surface area contributed by atoms with E-state index < -0.39 is 16.6 Å². The highest BCUT2D eigenvalue weighted by Crippen LogP contribution is 2.44. The average Bonchev–Trinajstić information content (AvgIpc) is 2.86. The van der Waals surface area contributed by atoms with Gasteiger partial charge in [-0.1, -0.05) is 137 Å². The van der Waals surface area contributed by atoms with Gasteiger partial charge in [0.25, 0.3) is 8.32 Å². The molecule has 218 valence electrons. The lowest BCUT2D eigenvalue weighted by Gasteiger charge is -2.46. The number of hydrogen-bond donors (Lipinski definition) is 0. The van der Waals surface area contributed by atoms with Gasteiger partial charge in [-0.3, -0.25) is 0 Å². The van der Waals surface area contributed by atoms with E-state index in [9.17, 15) is 4.79 Å². The summed E-state index contributed by atoms with van der Waals surface area (Å²) in [7, 11) is -4.66. The quantitative estimate of drug-likeness (QED) is 0.160. The fraction of sp³-hybridized carbons (Fsp3) is 0.618. The molecule has 3 nitrogen and oxygen atoms in total. The molecule has 3 unspecified atom stereocenters. The molecule has 5 heteroatoms. The molecule has 39 heavy (non-hydrogen) atoms. The molecule has 2 aromatic rings. The minimum atomic E-state index is -2.57. The van der Waals surface area contributed by atoms with Gasteiger partial charge < -0.3 is 13.6 Å². The van der Waals surface area contributed by atoms with Gasteiger partial charge in [0.05, 0.1) is 6.10 Å². The first-order valence-electron chi connectivity index (χ1n) is 15.1. The predicted octanol–water partition coefficient (Wildman–Crippen LogP) is 8.38. The fourth-order valence-corrected chi connectivity index (χ4v) is 17.4. The van der Waals surface area contributed by atoms with E-state index in [1.807, 2.05) is 0 Å². The van der Waals surface area contributed by atoms with E-state index >= 15 is 0 Å². The summed E-state index contributed by atoms with van der Waals surface area (Å²) in [6, 6.07) is 21.7. The van der Waals surface area contributed by atoms with Gasteiger partial charge in [-0.2, -0.15) is 0 Å². The minimum Gasteiger partial charge on any atom is -0.412 e. The SMILES string of the molecule is CC(CO[Si](c1ccccc1)(c1ccccc1)C(C)(C)C)CC(C)C(CC=O)O[Si](C(C)C)(C(C)C)C(C)C. The van der Waals surface area contributed by atoms with Gasteiger partial charge in [-0.15, -0.1) is 0 Å². The van der Waals surface area contributed by atoms with E-state index in [1.54, 1.807) is 0 Å². The Hall–Kier alpha value is -1.54. The standard InChI is InChI=1S/C34H56O3Si2/c1-26(2)38(27(3)4,28(5)6)37-33(22-23-35)30(8)24-29(7)25-36-39(34(9,10)11,31-18-14-12-15-19-31)32-20-16-13-17-21-32/h12-21,23,26-30,33H,22,24-25H2,1-11H3. The lowest BCUT2D eigenvalue weighted by atomic mass is 9.92. The summed E-state index contributed by atoms with van der Waals surface area (Å²) < 4.78 is 14.4. The van der Waals surface area contributed by atoms with Crippen molar-refractivity contribution in [1.29, 1.82) is 0 Å². The van der Waals surface area contributed by atoms with Crippen molar-refractivity contribution in [2.45, 2.75) is 117 Å². The molecular formula is C34H56O3Si2. The third-order valence-corrected chi connectivity index (χ3v) is 19.9. The van der Waals surface area contributed by atoms with Crippen LogP contribution in [-0.2, 0) is 13.6 Å². The van der Waals surface area contributed by atoms with Crippen molar-refractivity contribution in [3.8, 4) is 0 Å². The maximum Gasteiger partial charge on any atom is 0.261 e. The van der Waals surface area contributed by atoms with Crippen molar-refractivity contribution in [3.63, 3.8) is 0 Å². The van der Waals surface area contributed by atoms with Gasteiger partial charge in [0.1, 0.15) is 6.29 Å². The molecule has 0 aromatic heterocycles. The van der Waals surface area contributed by atoms with Crippen molar-refractivity contribution in [3.05, 3.63) is 60.7 Å². The molecule has 0 radical (unpaired) electrons. The number of carbonyl (C=O) groups is 1. The molecule has 0 aliphatic heterocycles. The van der Waals surface area contributed by atoms with E-state index in [0.717, 1.165) is 12.7 Å². The molecule has 3 atom stereocenters. The monoisotopic (exact) mass is 568 g/mol. The highest BCUT2D eigenvalue weighted by molar-refractivity contribution is 6.99. The largest absolute Gasteiger partial charge is 0.412 e. The van der Waals surface area contributed by atoms with Gasteiger partial charge in [-0.25, -0.2) is 0 Å². The molecule has 0 fully saturated rings. The number of aldehydes is 1. The van der Waals surface area contributed by atoms with Crippen LogP contribution in [0.15, 0.2) is 60.7 Å². The molecule has 0 saturated carbocycles. The number of hydrogen-bond acceptors (Lipinski definition) is 3. The zero-order chi connectivity index (χ0) is 29.4. The van der Waals surface area contributed by atoms with Crippen LogP contribution in [0.25, 0.3) is 0 Å². The maximum absolute atomic E-state index is 11.8. The summed E-state index contributed by atoms with van der Waals surface area (Å²) >= 11 is 0. The normalized spacial score (nSPS) is 15.5. The molecule has 0 spiro atoms. The van der Waals surface area contributed by atoms with Crippen molar-refractivity contribution < 1.29 is 13.6 Å². The Bertz CT molecular complexity index is 921. The average molecular weight is 569 g/mol. The van der Waals surface area contributed by atoms with E-state index in [4.69, 9.17) is 8.85 Å². The smallest absolute Gasteiger partial charge is 0.261 e. The van der Waals surface area contributed by atoms with Crippen LogP contribution in [0.4, 0.5) is 0 Å². The van der Waals surface area contributed by atoms with Crippen LogP contribution >= 0.6 is 0 Å². The van der Waals surface area contributed by atoms with Gasteiger partial charge in [0.2, 0.25) is 8.32 Å². The van der Waals surface area contributed by atoms with E-state index in [0.29, 0.717) is 35.6 Å². The first-order chi connectivity index (χ1) is 18.2. The van der Waals surface area contributed by atoms with Crippen molar-refractivity contribution in [2.75, 3.05) is 6.61 Å². The molecular weight excluding hydrogens is 513 g/mol. The molecule has 0 saturated heterocycles. The Balaban J connectivity index is 2.33. The number of rotatable bonds is 15. The molecule has 0 bridgehead atoms. The van der Waals surface area contributed by atoms with Crippen molar-refractivity contribution in [2.24, 2.45) is 11.8 Å². The minimum absolute atomic E-state index is 0.0405. The second-order valence-electron chi connectivity index (χ2n) is 13.7. The second-order valence-corrected chi connectivity index (χ2v) is 23.4. The van der Waals surface area contributed by atoms with Crippen LogP contribution in [0.2, 0.25) is 21.7 Å². The lowest BCUT2D eigenvalue weighted by molar-refractivity contribution is -0.110. The highest BCUT2D eigenvalue weighted by atomic mass is 28.4. The van der Waals surface area contributed by atoms with Crippen LogP contribution in [-0.4, -0.2) is 35.6 Å². The van der Waals surface area contributed by atoms with E-state index in [2.05, 4.69) is 137 Å². The topological polar surface area (TPSA) is 35.5 Å². The Morgan fingerprint density at radius 3 is 1.54 bits per heavy atom. The Labute approximate surface area is 242 Å². The molecule has 0 N–H and O–H groups in total. The van der Waals surface area contributed by atoms with Crippen LogP contribution < -0.4 is 10.4 Å². The second kappa shape index (κ2) is 14.4. The first kappa shape index (κ1) is 33.7. The third kappa shape index (κ3) is 7.61. The molecule has 2 aromatic carbocycles. The molecule has 0 aliphatic carbocycles. The number of benzene rings is 2. The molecule has 0 aliphatic rings. The van der Waals surface area contributed by atoms with Gasteiger partial charge in [0, 0.05) is 13.0 Å². The Morgan fingerprint density at radius 1 is 0.744 bits per heavy atom. The van der Waals surface area contributed by atoms with E-state index in [-0.39, 0.29) is 17.1 Å². The highest BCUT2D eigenvalue weighted by Gasteiger charge is 2.50. The van der Waals surface area contributed by atoms with Gasteiger partial charge in [-0.05, 0) is 50.3 Å². The summed E-state index contributed by atoms with van der Waals surface area (Å²) in [4.78, 5) is 11.8. The van der Waals surface area contributed by atoms with Crippen molar-refractivity contribution >= 4 is 33.3 Å². The summed E-state index contributed by atoms with van der Waals surface area (Å²) in [6.07, 6.45) is 2.45. The first-order valence-corrected chi connectivity index (χ1v) is 19.1. The fourth-order valence-electron chi connectivity index (χ4n) is 7.05. The van der Waals surface area contributed by atoms with Gasteiger partial charge in [0.15, 0.2) is 0 Å². The number of carbonyl (C=O) groups excluding carboxylic acids is 1. The van der Waals surface area contributed by atoms with Gasteiger partial charge >= 0.3 is 0 Å². The zero-order valence-electron chi connectivity index (χ0n) is 26.7. The lowest BCUT2D eigenvalue weighted by Crippen LogP contribution is -2.66. The summed E-state index contributed by atoms with van der Waals surface area (Å²) in [5, 5.41) is 2.58. The zero-order valence-corrected chi connectivity index (χ0v) is 28.7. The summed E-state index contributed by atoms with van der Waals surface area (Å²) in [5.74, 6) is 0.615. The maximum atomic E-state index is 11.8. The molecule has 0 heterocycles. The third-order valence-electron chi connectivity index (χ3n) is 8.80. The molecule has 2 rings (SSSR count). The van der Waals surface area contributed by atoms with Crippen molar-refractivity contribution in [1.82, 2.24) is 0 Å². The summed E-state index contributed by atoms with van der Waals surface area (Å²) in [5.41, 5.74) is 1.49. The summed E-state index contributed by atoms with van der Waals surface area (Å²) in [6.45, 7) is 26.1.